The van der Waals surface area contributed by atoms with E-state index in [4.69, 9.17) is 16.6 Å². The molecule has 140 valence electrons. The molecule has 0 saturated carbocycles. The maximum atomic E-state index is 11.9. The number of hydrogen-bond acceptors (Lipinski definition) is 4. The van der Waals surface area contributed by atoms with Crippen LogP contribution in [-0.4, -0.2) is 16.0 Å². The van der Waals surface area contributed by atoms with E-state index < -0.39 is 0 Å². The predicted octanol–water partition coefficient (Wildman–Crippen LogP) is 5.20. The molecule has 0 spiro atoms. The molecule has 0 saturated heterocycles. The van der Waals surface area contributed by atoms with Gasteiger partial charge in [0.2, 0.25) is 11.8 Å². The number of hydrogen-bond donors (Lipinski definition) is 2. The molecule has 0 aliphatic rings. The van der Waals surface area contributed by atoms with Crippen molar-refractivity contribution in [3.8, 4) is 11.5 Å². The third kappa shape index (κ3) is 5.14. The van der Waals surface area contributed by atoms with E-state index >= 15 is 0 Å². The zero-order valence-electron chi connectivity index (χ0n) is 15.5. The van der Waals surface area contributed by atoms with Crippen molar-refractivity contribution in [3.63, 3.8) is 0 Å². The molecule has 2 aromatic carbocycles. The van der Waals surface area contributed by atoms with Gasteiger partial charge in [-0.1, -0.05) is 31.9 Å². The second-order valence-corrected chi connectivity index (χ2v) is 6.94. The molecule has 1 amide bonds. The largest absolute Gasteiger partial charge is 0.436 e. The van der Waals surface area contributed by atoms with Crippen LogP contribution in [0.4, 0.5) is 5.69 Å². The summed E-state index contributed by atoms with van der Waals surface area (Å²) in [6.07, 6.45) is 3.48. The van der Waals surface area contributed by atoms with E-state index in [2.05, 4.69) is 22.5 Å². The summed E-state index contributed by atoms with van der Waals surface area (Å²) in [4.78, 5) is 16.4. The predicted molar refractivity (Wildman–Crippen MR) is 113 cm³/mol. The average Bonchev–Trinajstić information content (AvgIpc) is 3.05. The minimum absolute atomic E-state index is 0.0635. The van der Waals surface area contributed by atoms with Gasteiger partial charge in [-0.2, -0.15) is 0 Å². The van der Waals surface area contributed by atoms with E-state index in [1.807, 2.05) is 49.4 Å². The maximum absolute atomic E-state index is 11.9. The number of anilines is 1. The van der Waals surface area contributed by atoms with Gasteiger partial charge in [0.1, 0.15) is 5.52 Å². The summed E-state index contributed by atoms with van der Waals surface area (Å²) in [6.45, 7) is 4.13. The quantitative estimate of drug-likeness (QED) is 0.454. The van der Waals surface area contributed by atoms with Crippen LogP contribution in [0.15, 0.2) is 46.9 Å². The molecular weight excluding hydrogens is 358 g/mol. The van der Waals surface area contributed by atoms with E-state index in [9.17, 15) is 4.79 Å². The molecule has 0 fully saturated rings. The van der Waals surface area contributed by atoms with Gasteiger partial charge in [0.25, 0.3) is 0 Å². The molecule has 2 N–H and O–H groups in total. The Labute approximate surface area is 164 Å². The molecular formula is C21H23N3O2S. The zero-order chi connectivity index (χ0) is 19.2. The van der Waals surface area contributed by atoms with E-state index in [-0.39, 0.29) is 5.91 Å². The van der Waals surface area contributed by atoms with Gasteiger partial charge in [0, 0.05) is 17.7 Å². The van der Waals surface area contributed by atoms with Crippen molar-refractivity contribution in [2.75, 3.05) is 5.32 Å². The number of rotatable bonds is 6. The number of nitrogens with one attached hydrogen (secondary N) is 2. The number of amides is 1. The molecule has 0 unspecified atom stereocenters. The van der Waals surface area contributed by atoms with Gasteiger partial charge in [0.05, 0.1) is 0 Å². The third-order valence-electron chi connectivity index (χ3n) is 4.17. The first-order valence-corrected chi connectivity index (χ1v) is 9.54. The Morgan fingerprint density at radius 3 is 2.85 bits per heavy atom. The van der Waals surface area contributed by atoms with Crippen molar-refractivity contribution in [2.24, 2.45) is 0 Å². The van der Waals surface area contributed by atoms with Crippen molar-refractivity contribution in [1.82, 2.24) is 10.3 Å². The number of aryl methyl sites for hydroxylation is 1. The molecule has 1 aromatic heterocycles. The molecule has 5 nitrogen and oxygen atoms in total. The van der Waals surface area contributed by atoms with E-state index in [0.717, 1.165) is 47.2 Å². The van der Waals surface area contributed by atoms with Gasteiger partial charge in [-0.05, 0) is 61.5 Å². The summed E-state index contributed by atoms with van der Waals surface area (Å²) < 4.78 is 5.85. The molecule has 0 aliphatic heterocycles. The Balaban J connectivity index is 1.67. The first-order chi connectivity index (χ1) is 13.0. The van der Waals surface area contributed by atoms with E-state index in [1.54, 1.807) is 0 Å². The highest BCUT2D eigenvalue weighted by Crippen LogP contribution is 2.26. The van der Waals surface area contributed by atoms with Gasteiger partial charge in [-0.25, -0.2) is 4.98 Å². The van der Waals surface area contributed by atoms with Crippen LogP contribution in [0.1, 0.15) is 38.2 Å². The number of benzene rings is 2. The van der Waals surface area contributed by atoms with Crippen LogP contribution in [0.2, 0.25) is 0 Å². The topological polar surface area (TPSA) is 67.2 Å². The minimum Gasteiger partial charge on any atom is -0.436 e. The molecule has 0 radical (unpaired) electrons. The molecule has 0 aliphatic carbocycles. The summed E-state index contributed by atoms with van der Waals surface area (Å²) in [5.74, 6) is 0.486. The SMILES string of the molecule is CCCCCC(=O)NC(=S)Nc1cccc(-c2nc3cc(C)ccc3o2)c1. The number of aromatic nitrogens is 1. The van der Waals surface area contributed by atoms with Crippen LogP contribution in [0.3, 0.4) is 0 Å². The number of carbonyl (C=O) groups is 1. The van der Waals surface area contributed by atoms with Gasteiger partial charge in [-0.15, -0.1) is 0 Å². The summed E-state index contributed by atoms with van der Waals surface area (Å²) in [5.41, 5.74) is 4.33. The van der Waals surface area contributed by atoms with E-state index in [0.29, 0.717) is 17.4 Å². The summed E-state index contributed by atoms with van der Waals surface area (Å²) in [5, 5.41) is 6.06. The van der Waals surface area contributed by atoms with E-state index in [1.165, 1.54) is 0 Å². The zero-order valence-corrected chi connectivity index (χ0v) is 16.4. The van der Waals surface area contributed by atoms with Crippen LogP contribution < -0.4 is 10.6 Å². The second kappa shape index (κ2) is 8.77. The monoisotopic (exact) mass is 381 g/mol. The van der Waals surface area contributed by atoms with Gasteiger partial charge in [0.15, 0.2) is 10.7 Å². The minimum atomic E-state index is -0.0635. The Bertz CT molecular complexity index is 965. The highest BCUT2D eigenvalue weighted by Gasteiger charge is 2.10. The number of carbonyl (C=O) groups excluding carboxylic acids is 1. The Kier molecular flexibility index (Phi) is 6.19. The van der Waals surface area contributed by atoms with Crippen LogP contribution in [-0.2, 0) is 4.79 Å². The number of fused-ring (bicyclic) bond motifs is 1. The number of oxazole rings is 1. The number of unbranched alkanes of at least 4 members (excludes halogenated alkanes) is 2. The lowest BCUT2D eigenvalue weighted by atomic mass is 10.2. The third-order valence-corrected chi connectivity index (χ3v) is 4.37. The average molecular weight is 382 g/mol. The lowest BCUT2D eigenvalue weighted by molar-refractivity contribution is -0.119. The first-order valence-electron chi connectivity index (χ1n) is 9.13. The summed E-state index contributed by atoms with van der Waals surface area (Å²) in [7, 11) is 0. The maximum Gasteiger partial charge on any atom is 0.227 e. The lowest BCUT2D eigenvalue weighted by Gasteiger charge is -2.10. The second-order valence-electron chi connectivity index (χ2n) is 6.53. The first kappa shape index (κ1) is 19.0. The van der Waals surface area contributed by atoms with Crippen molar-refractivity contribution in [2.45, 2.75) is 39.5 Å². The Morgan fingerprint density at radius 1 is 1.19 bits per heavy atom. The number of nitrogens with zero attached hydrogens (tertiary/aromatic N) is 1. The molecule has 27 heavy (non-hydrogen) atoms. The van der Waals surface area contributed by atoms with Crippen molar-refractivity contribution >= 4 is 40.0 Å². The van der Waals surface area contributed by atoms with Crippen molar-refractivity contribution in [1.29, 1.82) is 0 Å². The smallest absolute Gasteiger partial charge is 0.227 e. The Hall–Kier alpha value is -2.73. The van der Waals surface area contributed by atoms with Crippen LogP contribution in [0.5, 0.6) is 0 Å². The normalized spacial score (nSPS) is 10.7. The van der Waals surface area contributed by atoms with Crippen molar-refractivity contribution in [3.05, 3.63) is 48.0 Å². The standard InChI is InChI=1S/C21H23N3O2S/c1-3-4-5-9-19(25)24-21(27)22-16-8-6-7-15(13-16)20-23-17-12-14(2)10-11-18(17)26-20/h6-8,10-13H,3-5,9H2,1-2H3,(H2,22,24,25,27). The molecule has 3 aromatic rings. The fraction of sp³-hybridized carbons (Fsp3) is 0.286. The van der Waals surface area contributed by atoms with Gasteiger partial charge < -0.3 is 15.1 Å². The fourth-order valence-corrected chi connectivity index (χ4v) is 3.01. The fourth-order valence-electron chi connectivity index (χ4n) is 2.78. The highest BCUT2D eigenvalue weighted by molar-refractivity contribution is 7.80. The van der Waals surface area contributed by atoms with Gasteiger partial charge in [-0.3, -0.25) is 4.79 Å². The highest BCUT2D eigenvalue weighted by atomic mass is 32.1. The summed E-state index contributed by atoms with van der Waals surface area (Å²) >= 11 is 5.24. The molecule has 0 atom stereocenters. The number of thiocarbonyl (C=S) groups is 1. The van der Waals surface area contributed by atoms with Gasteiger partial charge >= 0.3 is 0 Å². The van der Waals surface area contributed by atoms with Crippen LogP contribution in [0.25, 0.3) is 22.6 Å². The molecule has 0 bridgehead atoms. The van der Waals surface area contributed by atoms with Crippen LogP contribution >= 0.6 is 12.2 Å². The lowest BCUT2D eigenvalue weighted by Crippen LogP contribution is -2.33. The molecule has 3 rings (SSSR count). The van der Waals surface area contributed by atoms with Crippen LogP contribution in [0, 0.1) is 6.92 Å². The molecule has 1 heterocycles. The molecule has 6 heteroatoms. The Morgan fingerprint density at radius 2 is 2.04 bits per heavy atom. The summed E-state index contributed by atoms with van der Waals surface area (Å²) in [6, 6.07) is 13.5. The van der Waals surface area contributed by atoms with Crippen molar-refractivity contribution < 1.29 is 9.21 Å².